The van der Waals surface area contributed by atoms with Gasteiger partial charge in [0, 0.05) is 25.4 Å². The Balaban J connectivity index is 1.29. The molecule has 32 heavy (non-hydrogen) atoms. The molecule has 1 aliphatic carbocycles. The Morgan fingerprint density at radius 1 is 1.28 bits per heavy atom. The summed E-state index contributed by atoms with van der Waals surface area (Å²) in [7, 11) is 0. The number of carbonyl (C=O) groups is 3. The maximum absolute atomic E-state index is 13.1. The molecule has 2 N–H and O–H groups in total. The molecule has 1 aliphatic heterocycles. The largest absolute Gasteiger partial charge is 0.354 e. The molecule has 2 fully saturated rings. The number of urea groups is 1. The van der Waals surface area contributed by atoms with Gasteiger partial charge in [0.05, 0.1) is 5.69 Å². The third-order valence-electron chi connectivity index (χ3n) is 7.52. The second kappa shape index (κ2) is 8.56. The molecule has 172 valence electrons. The number of carbonyl (C=O) groups excluding carboxylic acids is 3. The van der Waals surface area contributed by atoms with E-state index in [1.165, 1.54) is 0 Å². The summed E-state index contributed by atoms with van der Waals surface area (Å²) in [5.41, 5.74) is 1.12. The van der Waals surface area contributed by atoms with Crippen LogP contribution in [0.1, 0.15) is 58.6 Å². The zero-order chi connectivity index (χ0) is 22.9. The van der Waals surface area contributed by atoms with Gasteiger partial charge in [-0.1, -0.05) is 33.3 Å². The number of hydrogen-bond donors (Lipinski definition) is 2. The molecule has 1 spiro atoms. The second-order valence-electron chi connectivity index (χ2n) is 9.82. The first-order chi connectivity index (χ1) is 15.2. The van der Waals surface area contributed by atoms with Crippen LogP contribution in [0, 0.1) is 11.3 Å². The molecule has 0 unspecified atom stereocenters. The lowest BCUT2D eigenvalue weighted by atomic mass is 9.65. The number of fused-ring (bicyclic) bond motifs is 1. The van der Waals surface area contributed by atoms with E-state index in [9.17, 15) is 14.4 Å². The number of aromatic nitrogens is 2. The fourth-order valence-corrected chi connectivity index (χ4v) is 4.98. The summed E-state index contributed by atoms with van der Waals surface area (Å²) in [4.78, 5) is 43.6. The third-order valence-corrected chi connectivity index (χ3v) is 7.52. The smallest absolute Gasteiger partial charge is 0.325 e. The molecule has 0 bridgehead atoms. The van der Waals surface area contributed by atoms with Crippen molar-refractivity contribution in [2.24, 2.45) is 11.3 Å². The lowest BCUT2D eigenvalue weighted by Gasteiger charge is -2.42. The predicted octanol–water partition coefficient (Wildman–Crippen LogP) is 2.91. The summed E-state index contributed by atoms with van der Waals surface area (Å²) in [6.07, 6.45) is 8.61. The molecule has 1 saturated heterocycles. The first kappa shape index (κ1) is 22.3. The number of amides is 4. The van der Waals surface area contributed by atoms with Gasteiger partial charge < -0.3 is 15.0 Å². The van der Waals surface area contributed by atoms with Gasteiger partial charge in [-0.05, 0) is 49.1 Å². The molecule has 3 heterocycles. The van der Waals surface area contributed by atoms with Crippen LogP contribution in [0.4, 0.5) is 4.79 Å². The molecule has 8 nitrogen and oxygen atoms in total. The van der Waals surface area contributed by atoms with E-state index in [1.54, 1.807) is 0 Å². The highest BCUT2D eigenvalue weighted by Gasteiger charge is 2.53. The summed E-state index contributed by atoms with van der Waals surface area (Å²) in [6, 6.07) is 5.32. The number of imide groups is 1. The Labute approximate surface area is 188 Å². The van der Waals surface area contributed by atoms with Crippen molar-refractivity contribution in [2.45, 2.75) is 64.8 Å². The number of rotatable bonds is 7. The highest BCUT2D eigenvalue weighted by atomic mass is 16.2. The average molecular weight is 440 g/mol. The van der Waals surface area contributed by atoms with Gasteiger partial charge in [-0.25, -0.2) is 9.78 Å². The van der Waals surface area contributed by atoms with Crippen LogP contribution in [-0.4, -0.2) is 50.8 Å². The van der Waals surface area contributed by atoms with Crippen molar-refractivity contribution in [2.75, 3.05) is 13.1 Å². The van der Waals surface area contributed by atoms with E-state index in [2.05, 4.69) is 36.4 Å². The molecule has 8 heteroatoms. The Bertz CT molecular complexity index is 987. The van der Waals surface area contributed by atoms with E-state index < -0.39 is 11.6 Å². The molecule has 0 atom stereocenters. The normalized spacial score (nSPS) is 23.7. The first-order valence-electron chi connectivity index (χ1n) is 11.6. The van der Waals surface area contributed by atoms with Crippen LogP contribution < -0.4 is 10.6 Å². The number of pyridine rings is 1. The van der Waals surface area contributed by atoms with Gasteiger partial charge in [-0.3, -0.25) is 14.5 Å². The standard InChI is InChI=1S/C24H33N5O3/c1-4-23(2,3)17-8-11-24(12-9-17)21(31)29(22(32)27-24)16-20(30)25-13-10-18-15-28-14-6-5-7-19(28)26-18/h5-7,14-15,17H,4,8-13,16H2,1-3H3,(H,25,30)(H,27,32). The molecular weight excluding hydrogens is 406 g/mol. The van der Waals surface area contributed by atoms with Crippen LogP contribution in [0.2, 0.25) is 0 Å². The van der Waals surface area contributed by atoms with Crippen LogP contribution in [0.5, 0.6) is 0 Å². The zero-order valence-electron chi connectivity index (χ0n) is 19.2. The van der Waals surface area contributed by atoms with Crippen molar-refractivity contribution in [3.05, 3.63) is 36.3 Å². The van der Waals surface area contributed by atoms with Gasteiger partial charge in [-0.15, -0.1) is 0 Å². The monoisotopic (exact) mass is 439 g/mol. The fourth-order valence-electron chi connectivity index (χ4n) is 4.98. The molecule has 2 aromatic rings. The van der Waals surface area contributed by atoms with Crippen LogP contribution >= 0.6 is 0 Å². The zero-order valence-corrected chi connectivity index (χ0v) is 19.2. The highest BCUT2D eigenvalue weighted by Crippen LogP contribution is 2.45. The minimum Gasteiger partial charge on any atom is -0.354 e. The summed E-state index contributed by atoms with van der Waals surface area (Å²) >= 11 is 0. The van der Waals surface area contributed by atoms with Crippen molar-refractivity contribution in [3.63, 3.8) is 0 Å². The summed E-state index contributed by atoms with van der Waals surface area (Å²) in [5, 5.41) is 5.71. The Hall–Kier alpha value is -2.90. The maximum Gasteiger partial charge on any atom is 0.325 e. The average Bonchev–Trinajstić information content (AvgIpc) is 3.28. The van der Waals surface area contributed by atoms with E-state index in [0.717, 1.165) is 35.5 Å². The van der Waals surface area contributed by atoms with Crippen molar-refractivity contribution < 1.29 is 14.4 Å². The van der Waals surface area contributed by atoms with Crippen molar-refractivity contribution in [3.8, 4) is 0 Å². The molecule has 2 aliphatic rings. The van der Waals surface area contributed by atoms with Crippen LogP contribution in [-0.2, 0) is 16.0 Å². The lowest BCUT2D eigenvalue weighted by molar-refractivity contribution is -0.136. The van der Waals surface area contributed by atoms with E-state index >= 15 is 0 Å². The van der Waals surface area contributed by atoms with Gasteiger partial charge in [0.15, 0.2) is 0 Å². The summed E-state index contributed by atoms with van der Waals surface area (Å²) in [5.74, 6) is -0.0549. The Kier molecular flexibility index (Phi) is 5.97. The van der Waals surface area contributed by atoms with E-state index in [-0.39, 0.29) is 23.8 Å². The molecule has 0 radical (unpaired) electrons. The minimum atomic E-state index is -0.839. The van der Waals surface area contributed by atoms with Crippen molar-refractivity contribution in [1.82, 2.24) is 24.9 Å². The molecule has 1 saturated carbocycles. The van der Waals surface area contributed by atoms with Gasteiger partial charge in [-0.2, -0.15) is 0 Å². The molecule has 0 aromatic carbocycles. The number of hydrogen-bond acceptors (Lipinski definition) is 4. The molecule has 4 amide bonds. The number of nitrogens with one attached hydrogen (secondary N) is 2. The predicted molar refractivity (Wildman–Crippen MR) is 121 cm³/mol. The van der Waals surface area contributed by atoms with E-state index in [1.807, 2.05) is 35.0 Å². The van der Waals surface area contributed by atoms with E-state index in [4.69, 9.17) is 0 Å². The van der Waals surface area contributed by atoms with Crippen molar-refractivity contribution >= 4 is 23.5 Å². The fraction of sp³-hybridized carbons (Fsp3) is 0.583. The van der Waals surface area contributed by atoms with Crippen LogP contribution in [0.25, 0.3) is 5.65 Å². The number of imidazole rings is 1. The Morgan fingerprint density at radius 2 is 2.03 bits per heavy atom. The SMILES string of the molecule is CCC(C)(C)C1CCC2(CC1)NC(=O)N(CC(=O)NCCc1cn3ccccc3n1)C2=O. The highest BCUT2D eigenvalue weighted by molar-refractivity contribution is 6.09. The summed E-state index contributed by atoms with van der Waals surface area (Å²) < 4.78 is 1.93. The lowest BCUT2D eigenvalue weighted by Crippen LogP contribution is -2.51. The quantitative estimate of drug-likeness (QED) is 0.649. The van der Waals surface area contributed by atoms with E-state index in [0.29, 0.717) is 31.7 Å². The van der Waals surface area contributed by atoms with Crippen molar-refractivity contribution in [1.29, 1.82) is 0 Å². The first-order valence-corrected chi connectivity index (χ1v) is 11.6. The van der Waals surface area contributed by atoms with Gasteiger partial charge in [0.2, 0.25) is 5.91 Å². The molecule has 4 rings (SSSR count). The minimum absolute atomic E-state index is 0.230. The van der Waals surface area contributed by atoms with Crippen LogP contribution in [0.15, 0.2) is 30.6 Å². The third kappa shape index (κ3) is 4.23. The topological polar surface area (TPSA) is 95.8 Å². The van der Waals surface area contributed by atoms with Crippen LogP contribution in [0.3, 0.4) is 0 Å². The van der Waals surface area contributed by atoms with Gasteiger partial charge >= 0.3 is 6.03 Å². The summed E-state index contributed by atoms with van der Waals surface area (Å²) in [6.45, 7) is 6.89. The maximum atomic E-state index is 13.1. The van der Waals surface area contributed by atoms with Gasteiger partial charge in [0.25, 0.3) is 5.91 Å². The number of nitrogens with zero attached hydrogens (tertiary/aromatic N) is 3. The Morgan fingerprint density at radius 3 is 2.72 bits per heavy atom. The second-order valence-corrected chi connectivity index (χ2v) is 9.82. The molecular formula is C24H33N5O3. The van der Waals surface area contributed by atoms with Gasteiger partial charge in [0.1, 0.15) is 17.7 Å². The molecule has 2 aromatic heterocycles.